The molecule has 3 rings (SSSR count). The number of nitrogens with one attached hydrogen (secondary N) is 2. The number of hydrogen-bond acceptors (Lipinski definition) is 3. The van der Waals surface area contributed by atoms with Crippen LogP contribution in [0.15, 0.2) is 36.4 Å². The van der Waals surface area contributed by atoms with Gasteiger partial charge in [-0.05, 0) is 24.3 Å². The van der Waals surface area contributed by atoms with Crippen molar-refractivity contribution in [2.45, 2.75) is 6.18 Å². The third-order valence-corrected chi connectivity index (χ3v) is 5.26. The SMILES string of the molecule is O=C(NC(=O)c1ccccc1F)Nc1cc(Cl)c(-n2nc(C(F)(F)F)c(Cl)c2Cl)c(Cl)c1. The highest BCUT2D eigenvalue weighted by atomic mass is 35.5. The van der Waals surface area contributed by atoms with Gasteiger partial charge in [-0.25, -0.2) is 13.9 Å². The number of aromatic nitrogens is 2. The number of amides is 3. The Morgan fingerprint density at radius 3 is 2.12 bits per heavy atom. The number of carbonyl (C=O) groups is 2. The van der Waals surface area contributed by atoms with Crippen molar-refractivity contribution in [1.29, 1.82) is 0 Å². The standard InChI is InChI=1S/C18H8Cl4F4N4O2/c19-9-5-7(27-17(32)28-16(31)8-3-1-2-4-11(8)23)6-10(20)13(9)30-15(22)12(21)14(29-30)18(24,25)26/h1-6H,(H2,27,28,31,32). The fourth-order valence-electron chi connectivity index (χ4n) is 2.53. The Balaban J connectivity index is 1.85. The van der Waals surface area contributed by atoms with E-state index in [2.05, 4.69) is 10.4 Å². The van der Waals surface area contributed by atoms with Crippen molar-refractivity contribution in [3.05, 3.63) is 73.7 Å². The second kappa shape index (κ2) is 9.14. The highest BCUT2D eigenvalue weighted by Crippen LogP contribution is 2.41. The predicted octanol–water partition coefficient (Wildman–Crippen LogP) is 6.61. The first-order chi connectivity index (χ1) is 14.9. The average molecular weight is 530 g/mol. The molecule has 32 heavy (non-hydrogen) atoms. The molecule has 0 atom stereocenters. The van der Waals surface area contributed by atoms with E-state index >= 15 is 0 Å². The zero-order valence-corrected chi connectivity index (χ0v) is 18.2. The van der Waals surface area contributed by atoms with Crippen LogP contribution < -0.4 is 10.6 Å². The summed E-state index contributed by atoms with van der Waals surface area (Å²) in [5.74, 6) is -1.84. The molecule has 0 spiro atoms. The minimum atomic E-state index is -4.88. The molecule has 14 heteroatoms. The van der Waals surface area contributed by atoms with Gasteiger partial charge < -0.3 is 5.32 Å². The largest absolute Gasteiger partial charge is 0.436 e. The van der Waals surface area contributed by atoms with Gasteiger partial charge in [-0.1, -0.05) is 58.5 Å². The molecule has 168 valence electrons. The van der Waals surface area contributed by atoms with Crippen LogP contribution in [0.4, 0.5) is 28.0 Å². The van der Waals surface area contributed by atoms with Crippen molar-refractivity contribution in [2.75, 3.05) is 5.32 Å². The van der Waals surface area contributed by atoms with Gasteiger partial charge in [-0.3, -0.25) is 10.1 Å². The zero-order chi connectivity index (χ0) is 23.8. The van der Waals surface area contributed by atoms with E-state index in [0.717, 1.165) is 18.2 Å². The number of benzene rings is 2. The lowest BCUT2D eigenvalue weighted by molar-refractivity contribution is -0.141. The summed E-state index contributed by atoms with van der Waals surface area (Å²) in [6.07, 6.45) is -4.88. The minimum absolute atomic E-state index is 0.0343. The summed E-state index contributed by atoms with van der Waals surface area (Å²) < 4.78 is 53.3. The molecule has 2 aromatic carbocycles. The summed E-state index contributed by atoms with van der Waals surface area (Å²) in [6.45, 7) is 0. The molecule has 2 N–H and O–H groups in total. The zero-order valence-electron chi connectivity index (χ0n) is 15.2. The van der Waals surface area contributed by atoms with E-state index in [1.54, 1.807) is 0 Å². The highest BCUT2D eigenvalue weighted by molar-refractivity contribution is 6.43. The van der Waals surface area contributed by atoms with Crippen molar-refractivity contribution in [3.63, 3.8) is 0 Å². The maximum atomic E-state index is 13.6. The lowest BCUT2D eigenvalue weighted by atomic mass is 10.2. The molecule has 3 aromatic rings. The molecule has 0 aliphatic rings. The van der Waals surface area contributed by atoms with Crippen LogP contribution in [0.3, 0.4) is 0 Å². The van der Waals surface area contributed by atoms with Gasteiger partial charge in [0.1, 0.15) is 16.5 Å². The van der Waals surface area contributed by atoms with Gasteiger partial charge in [-0.15, -0.1) is 0 Å². The second-order valence-electron chi connectivity index (χ2n) is 6.04. The summed E-state index contributed by atoms with van der Waals surface area (Å²) in [5, 5.41) is 5.55. The van der Waals surface area contributed by atoms with Crippen LogP contribution in [-0.2, 0) is 6.18 Å². The third kappa shape index (κ3) is 4.93. The first kappa shape index (κ1) is 24.1. The summed E-state index contributed by atoms with van der Waals surface area (Å²) in [4.78, 5) is 24.1. The van der Waals surface area contributed by atoms with Crippen molar-refractivity contribution in [2.24, 2.45) is 0 Å². The van der Waals surface area contributed by atoms with Gasteiger partial charge >= 0.3 is 12.2 Å². The number of anilines is 1. The molecule has 0 bridgehead atoms. The molecule has 0 fully saturated rings. The van der Waals surface area contributed by atoms with E-state index < -0.39 is 39.8 Å². The number of nitrogens with zero attached hydrogens (tertiary/aromatic N) is 2. The van der Waals surface area contributed by atoms with Gasteiger partial charge in [0.05, 0.1) is 15.6 Å². The van der Waals surface area contributed by atoms with Crippen molar-refractivity contribution in [3.8, 4) is 5.69 Å². The van der Waals surface area contributed by atoms with Crippen LogP contribution >= 0.6 is 46.4 Å². The topological polar surface area (TPSA) is 76.0 Å². The first-order valence-corrected chi connectivity index (χ1v) is 9.78. The number of carbonyl (C=O) groups excluding carboxylic acids is 2. The minimum Gasteiger partial charge on any atom is -0.308 e. The number of urea groups is 1. The molecular formula is C18H8Cl4F4N4O2. The van der Waals surface area contributed by atoms with E-state index in [1.165, 1.54) is 18.2 Å². The maximum Gasteiger partial charge on any atom is 0.436 e. The Bertz CT molecular complexity index is 1210. The van der Waals surface area contributed by atoms with Gasteiger partial charge in [0, 0.05) is 5.69 Å². The Labute approximate surface area is 197 Å². The van der Waals surface area contributed by atoms with Crippen molar-refractivity contribution in [1.82, 2.24) is 15.1 Å². The average Bonchev–Trinajstić information content (AvgIpc) is 2.97. The van der Waals surface area contributed by atoms with Crippen LogP contribution in [0.5, 0.6) is 0 Å². The molecule has 0 unspecified atom stereocenters. The van der Waals surface area contributed by atoms with Gasteiger partial charge in [0.2, 0.25) is 0 Å². The van der Waals surface area contributed by atoms with E-state index in [-0.39, 0.29) is 27.0 Å². The number of alkyl halides is 3. The summed E-state index contributed by atoms with van der Waals surface area (Å²) in [7, 11) is 0. The lowest BCUT2D eigenvalue weighted by Crippen LogP contribution is -2.34. The maximum absolute atomic E-state index is 13.6. The quantitative estimate of drug-likeness (QED) is 0.375. The molecule has 0 aliphatic heterocycles. The smallest absolute Gasteiger partial charge is 0.308 e. The molecule has 0 radical (unpaired) electrons. The highest BCUT2D eigenvalue weighted by Gasteiger charge is 2.39. The third-order valence-electron chi connectivity index (χ3n) is 3.88. The number of rotatable bonds is 3. The summed E-state index contributed by atoms with van der Waals surface area (Å²) >= 11 is 23.7. The van der Waals surface area contributed by atoms with E-state index in [1.807, 2.05) is 5.32 Å². The van der Waals surface area contributed by atoms with E-state index in [4.69, 9.17) is 46.4 Å². The van der Waals surface area contributed by atoms with Crippen LogP contribution in [-0.4, -0.2) is 21.7 Å². The Kier molecular flexibility index (Phi) is 6.89. The van der Waals surface area contributed by atoms with Crippen LogP contribution in [0, 0.1) is 5.82 Å². The van der Waals surface area contributed by atoms with Crippen molar-refractivity contribution >= 4 is 64.0 Å². The van der Waals surface area contributed by atoms with Gasteiger partial charge in [-0.2, -0.15) is 18.3 Å². The van der Waals surface area contributed by atoms with Crippen molar-refractivity contribution < 1.29 is 27.2 Å². The second-order valence-corrected chi connectivity index (χ2v) is 7.59. The molecular weight excluding hydrogens is 522 g/mol. The number of hydrogen-bond donors (Lipinski definition) is 2. The Morgan fingerprint density at radius 1 is 1.00 bits per heavy atom. The Morgan fingerprint density at radius 2 is 1.59 bits per heavy atom. The number of halogens is 8. The van der Waals surface area contributed by atoms with Gasteiger partial charge in [0.15, 0.2) is 10.8 Å². The van der Waals surface area contributed by atoms with Crippen LogP contribution in [0.1, 0.15) is 16.1 Å². The molecule has 0 aliphatic carbocycles. The van der Waals surface area contributed by atoms with E-state index in [0.29, 0.717) is 4.68 Å². The molecule has 1 heterocycles. The lowest BCUT2D eigenvalue weighted by Gasteiger charge is -2.12. The molecule has 6 nitrogen and oxygen atoms in total. The van der Waals surface area contributed by atoms with E-state index in [9.17, 15) is 27.2 Å². The first-order valence-electron chi connectivity index (χ1n) is 8.27. The normalized spacial score (nSPS) is 11.4. The summed E-state index contributed by atoms with van der Waals surface area (Å²) in [5.41, 5.74) is -2.07. The van der Waals surface area contributed by atoms with Crippen LogP contribution in [0.2, 0.25) is 20.2 Å². The number of imide groups is 1. The fraction of sp³-hybridized carbons (Fsp3) is 0.0556. The predicted molar refractivity (Wildman–Crippen MR) is 111 cm³/mol. The Hall–Kier alpha value is -2.53. The molecule has 1 aromatic heterocycles. The summed E-state index contributed by atoms with van der Waals surface area (Å²) in [6, 6.07) is 6.19. The molecule has 0 saturated heterocycles. The molecule has 3 amide bonds. The fourth-order valence-corrected chi connectivity index (χ4v) is 3.61. The van der Waals surface area contributed by atoms with Gasteiger partial charge in [0.25, 0.3) is 5.91 Å². The van der Waals surface area contributed by atoms with Crippen LogP contribution in [0.25, 0.3) is 5.69 Å². The monoisotopic (exact) mass is 528 g/mol. The molecule has 0 saturated carbocycles.